The van der Waals surface area contributed by atoms with Crippen molar-refractivity contribution >= 4 is 38.9 Å². The van der Waals surface area contributed by atoms with E-state index in [0.29, 0.717) is 32.9 Å². The Morgan fingerprint density at radius 2 is 2.10 bits per heavy atom. The van der Waals surface area contributed by atoms with E-state index in [4.69, 9.17) is 11.6 Å². The molecule has 2 aromatic rings. The Bertz CT molecular complexity index is 710. The standard InChI is InChI=1S/C14H11BrClFN2O2/c1-8-4-11(15)13(6-14(8)19(20)21)18-7-9-2-3-10(17)5-12(9)16/h2-6,18H,7H2,1H3. The molecule has 2 rings (SSSR count). The smallest absolute Gasteiger partial charge is 0.274 e. The van der Waals surface area contributed by atoms with Gasteiger partial charge in [0.2, 0.25) is 0 Å². The molecule has 0 bridgehead atoms. The van der Waals surface area contributed by atoms with E-state index in [-0.39, 0.29) is 5.69 Å². The van der Waals surface area contributed by atoms with Crippen molar-refractivity contribution in [2.24, 2.45) is 0 Å². The van der Waals surface area contributed by atoms with Gasteiger partial charge in [0.05, 0.1) is 10.6 Å². The highest BCUT2D eigenvalue weighted by molar-refractivity contribution is 9.10. The number of nitrogens with one attached hydrogen (secondary N) is 1. The number of nitro groups is 1. The van der Waals surface area contributed by atoms with Gasteiger partial charge in [-0.1, -0.05) is 17.7 Å². The van der Waals surface area contributed by atoms with Gasteiger partial charge in [0, 0.05) is 27.7 Å². The molecule has 0 saturated heterocycles. The summed E-state index contributed by atoms with van der Waals surface area (Å²) in [4.78, 5) is 10.5. The maximum absolute atomic E-state index is 13.0. The predicted octanol–water partition coefficient (Wildman–Crippen LogP) is 5.07. The Kier molecular flexibility index (Phi) is 4.80. The van der Waals surface area contributed by atoms with Gasteiger partial charge in [0.25, 0.3) is 5.69 Å². The predicted molar refractivity (Wildman–Crippen MR) is 84.3 cm³/mol. The fourth-order valence-electron chi connectivity index (χ4n) is 1.85. The fraction of sp³-hybridized carbons (Fsp3) is 0.143. The molecule has 0 saturated carbocycles. The second-order valence-corrected chi connectivity index (χ2v) is 5.73. The van der Waals surface area contributed by atoms with Gasteiger partial charge in [-0.15, -0.1) is 0 Å². The topological polar surface area (TPSA) is 55.2 Å². The summed E-state index contributed by atoms with van der Waals surface area (Å²) in [6, 6.07) is 7.24. The van der Waals surface area contributed by atoms with Crippen LogP contribution in [-0.4, -0.2) is 4.92 Å². The average Bonchev–Trinajstić information content (AvgIpc) is 2.39. The highest BCUT2D eigenvalue weighted by atomic mass is 79.9. The van der Waals surface area contributed by atoms with Crippen LogP contribution in [-0.2, 0) is 6.54 Å². The quantitative estimate of drug-likeness (QED) is 0.601. The third-order valence-corrected chi connectivity index (χ3v) is 3.97. The molecule has 0 aliphatic carbocycles. The minimum Gasteiger partial charge on any atom is -0.380 e. The number of aryl methyl sites for hydroxylation is 1. The van der Waals surface area contributed by atoms with Gasteiger partial charge in [-0.3, -0.25) is 10.1 Å². The molecule has 2 aromatic carbocycles. The lowest BCUT2D eigenvalue weighted by Crippen LogP contribution is -2.02. The lowest BCUT2D eigenvalue weighted by Gasteiger charge is -2.11. The van der Waals surface area contributed by atoms with E-state index >= 15 is 0 Å². The largest absolute Gasteiger partial charge is 0.380 e. The third kappa shape index (κ3) is 3.71. The van der Waals surface area contributed by atoms with Crippen LogP contribution in [0.3, 0.4) is 0 Å². The molecule has 0 spiro atoms. The Morgan fingerprint density at radius 3 is 2.71 bits per heavy atom. The van der Waals surface area contributed by atoms with Crippen LogP contribution in [0.1, 0.15) is 11.1 Å². The lowest BCUT2D eigenvalue weighted by atomic mass is 10.1. The molecular weight excluding hydrogens is 363 g/mol. The van der Waals surface area contributed by atoms with Gasteiger partial charge in [-0.2, -0.15) is 0 Å². The number of nitro benzene ring substituents is 1. The molecule has 21 heavy (non-hydrogen) atoms. The Morgan fingerprint density at radius 1 is 1.38 bits per heavy atom. The minimum absolute atomic E-state index is 0.0332. The van der Waals surface area contributed by atoms with Crippen LogP contribution in [0.25, 0.3) is 0 Å². The van der Waals surface area contributed by atoms with Crippen molar-refractivity contribution in [1.82, 2.24) is 0 Å². The van der Waals surface area contributed by atoms with E-state index in [9.17, 15) is 14.5 Å². The van der Waals surface area contributed by atoms with Crippen LogP contribution < -0.4 is 5.32 Å². The molecule has 0 atom stereocenters. The van der Waals surface area contributed by atoms with Crippen molar-refractivity contribution in [2.45, 2.75) is 13.5 Å². The summed E-state index contributed by atoms with van der Waals surface area (Å²) in [5, 5.41) is 14.3. The summed E-state index contributed by atoms with van der Waals surface area (Å²) in [5.74, 6) is -0.407. The Labute approximate surface area is 134 Å². The first-order chi connectivity index (χ1) is 9.88. The van der Waals surface area contributed by atoms with E-state index in [2.05, 4.69) is 21.2 Å². The molecule has 1 N–H and O–H groups in total. The summed E-state index contributed by atoms with van der Waals surface area (Å²) in [7, 11) is 0. The molecule has 0 fully saturated rings. The van der Waals surface area contributed by atoms with Gasteiger partial charge in [0.15, 0.2) is 0 Å². The third-order valence-electron chi connectivity index (χ3n) is 2.97. The second kappa shape index (κ2) is 6.41. The number of rotatable bonds is 4. The van der Waals surface area contributed by atoms with Crippen LogP contribution in [0.4, 0.5) is 15.8 Å². The van der Waals surface area contributed by atoms with E-state index < -0.39 is 10.7 Å². The molecule has 7 heteroatoms. The molecule has 0 aliphatic heterocycles. The van der Waals surface area contributed by atoms with Crippen LogP contribution in [0.2, 0.25) is 5.02 Å². The molecular formula is C14H11BrClFN2O2. The lowest BCUT2D eigenvalue weighted by molar-refractivity contribution is -0.385. The van der Waals surface area contributed by atoms with Crippen molar-refractivity contribution in [3.05, 3.63) is 66.9 Å². The molecule has 0 aromatic heterocycles. The number of hydrogen-bond acceptors (Lipinski definition) is 3. The van der Waals surface area contributed by atoms with Crippen LogP contribution >= 0.6 is 27.5 Å². The molecule has 0 heterocycles. The maximum atomic E-state index is 13.0. The van der Waals surface area contributed by atoms with Crippen molar-refractivity contribution in [3.8, 4) is 0 Å². The Balaban J connectivity index is 2.23. The Hall–Kier alpha value is -1.66. The van der Waals surface area contributed by atoms with E-state index in [0.717, 1.165) is 0 Å². The fourth-order valence-corrected chi connectivity index (χ4v) is 2.68. The first-order valence-corrected chi connectivity index (χ1v) is 7.18. The highest BCUT2D eigenvalue weighted by Gasteiger charge is 2.14. The molecule has 0 unspecified atom stereocenters. The number of anilines is 1. The van der Waals surface area contributed by atoms with Gasteiger partial charge < -0.3 is 5.32 Å². The van der Waals surface area contributed by atoms with Crippen molar-refractivity contribution in [2.75, 3.05) is 5.32 Å². The number of halogens is 3. The molecule has 0 aliphatic rings. The zero-order valence-corrected chi connectivity index (χ0v) is 13.3. The van der Waals surface area contributed by atoms with Gasteiger partial charge in [-0.25, -0.2) is 4.39 Å². The highest BCUT2D eigenvalue weighted by Crippen LogP contribution is 2.31. The molecule has 0 amide bonds. The monoisotopic (exact) mass is 372 g/mol. The van der Waals surface area contributed by atoms with Gasteiger partial charge in [0.1, 0.15) is 5.82 Å². The number of benzene rings is 2. The van der Waals surface area contributed by atoms with Crippen molar-refractivity contribution in [1.29, 1.82) is 0 Å². The summed E-state index contributed by atoms with van der Waals surface area (Å²) in [5.41, 5.74) is 1.88. The van der Waals surface area contributed by atoms with Crippen LogP contribution in [0, 0.1) is 22.9 Å². The molecule has 4 nitrogen and oxygen atoms in total. The van der Waals surface area contributed by atoms with Gasteiger partial charge in [-0.05, 0) is 46.6 Å². The average molecular weight is 374 g/mol. The zero-order valence-electron chi connectivity index (χ0n) is 11.0. The van der Waals surface area contributed by atoms with Crippen LogP contribution in [0.5, 0.6) is 0 Å². The summed E-state index contributed by atoms with van der Waals surface area (Å²) in [6.45, 7) is 2.00. The van der Waals surface area contributed by atoms with E-state index in [1.807, 2.05) is 0 Å². The maximum Gasteiger partial charge on any atom is 0.274 e. The summed E-state index contributed by atoms with van der Waals surface area (Å²) in [6.07, 6.45) is 0. The zero-order chi connectivity index (χ0) is 15.6. The normalized spacial score (nSPS) is 10.5. The summed E-state index contributed by atoms with van der Waals surface area (Å²) < 4.78 is 13.7. The molecule has 0 radical (unpaired) electrons. The number of hydrogen-bond donors (Lipinski definition) is 1. The SMILES string of the molecule is Cc1cc(Br)c(NCc2ccc(F)cc2Cl)cc1[N+](=O)[O-]. The first kappa shape index (κ1) is 15.7. The van der Waals surface area contributed by atoms with Crippen molar-refractivity contribution in [3.63, 3.8) is 0 Å². The van der Waals surface area contributed by atoms with Crippen molar-refractivity contribution < 1.29 is 9.31 Å². The van der Waals surface area contributed by atoms with E-state index in [1.54, 1.807) is 19.1 Å². The number of nitrogens with zero attached hydrogens (tertiary/aromatic N) is 1. The van der Waals surface area contributed by atoms with E-state index in [1.165, 1.54) is 18.2 Å². The molecule has 110 valence electrons. The van der Waals surface area contributed by atoms with Crippen LogP contribution in [0.15, 0.2) is 34.8 Å². The first-order valence-electron chi connectivity index (χ1n) is 6.01. The second-order valence-electron chi connectivity index (χ2n) is 4.46. The van der Waals surface area contributed by atoms with Gasteiger partial charge >= 0.3 is 0 Å². The minimum atomic E-state index is -0.433. The summed E-state index contributed by atoms with van der Waals surface area (Å²) >= 11 is 9.30.